The Labute approximate surface area is 186 Å². The van der Waals surface area contributed by atoms with Crippen LogP contribution in [0.25, 0.3) is 10.9 Å². The number of alkyl halides is 1. The van der Waals surface area contributed by atoms with Crippen LogP contribution < -0.4 is 0 Å². The fourth-order valence-electron chi connectivity index (χ4n) is 4.32. The summed E-state index contributed by atoms with van der Waals surface area (Å²) >= 11 is 6.12. The number of sulfone groups is 1. The molecule has 7 nitrogen and oxygen atoms in total. The van der Waals surface area contributed by atoms with E-state index < -0.39 is 38.3 Å². The zero-order chi connectivity index (χ0) is 22.7. The molecule has 2 N–H and O–H groups in total. The summed E-state index contributed by atoms with van der Waals surface area (Å²) < 4.78 is 49.1. The minimum Gasteiger partial charge on any atom is -0.476 e. The van der Waals surface area contributed by atoms with E-state index >= 15 is 4.39 Å². The molecule has 0 fully saturated rings. The quantitative estimate of drug-likeness (QED) is 0.439. The summed E-state index contributed by atoms with van der Waals surface area (Å²) in [4.78, 5) is 17.9. The van der Waals surface area contributed by atoms with Crippen LogP contribution >= 0.6 is 11.6 Å². The van der Waals surface area contributed by atoms with E-state index in [9.17, 15) is 18.3 Å². The highest BCUT2D eigenvalue weighted by atomic mass is 35.5. The molecule has 0 radical (unpaired) electrons. The highest BCUT2D eigenvalue weighted by Crippen LogP contribution is 2.49. The van der Waals surface area contributed by atoms with E-state index in [1.54, 1.807) is 18.2 Å². The Hall–Kier alpha value is -3.17. The molecule has 0 saturated carbocycles. The van der Waals surface area contributed by atoms with E-state index in [1.807, 2.05) is 6.07 Å². The van der Waals surface area contributed by atoms with E-state index in [0.29, 0.717) is 10.7 Å². The molecule has 10 heteroatoms. The fourth-order valence-corrected chi connectivity index (χ4v) is 6.28. The number of carbonyl (C=O) groups is 1. The maximum atomic E-state index is 16.9. The van der Waals surface area contributed by atoms with Crippen molar-refractivity contribution in [2.45, 2.75) is 22.7 Å². The average molecular weight is 475 g/mol. The number of aromatic carboxylic acids is 1. The van der Waals surface area contributed by atoms with E-state index in [-0.39, 0.29) is 17.7 Å². The molecule has 2 aromatic heterocycles. The molecule has 0 bridgehead atoms. The predicted octanol–water partition coefficient (Wildman–Crippen LogP) is 4.52. The van der Waals surface area contributed by atoms with Crippen molar-refractivity contribution < 1.29 is 27.1 Å². The molecule has 2 heterocycles. The lowest BCUT2D eigenvalue weighted by molar-refractivity contribution is 0.0690. The second kappa shape index (κ2) is 7.18. The van der Waals surface area contributed by atoms with Crippen LogP contribution in [0.1, 0.15) is 27.6 Å². The van der Waals surface area contributed by atoms with Gasteiger partial charge in [-0.15, -0.1) is 0 Å². The molecular formula is C22H16ClFN2O5S. The minimum atomic E-state index is -4.66. The first-order valence-corrected chi connectivity index (χ1v) is 11.5. The van der Waals surface area contributed by atoms with Crippen LogP contribution in [0.4, 0.5) is 4.39 Å². The normalized spacial score (nSPS) is 17.9. The van der Waals surface area contributed by atoms with Crippen molar-refractivity contribution in [1.29, 1.82) is 0 Å². The molecule has 164 valence electrons. The summed E-state index contributed by atoms with van der Waals surface area (Å²) in [5.74, 6) is -3.34. The smallest absolute Gasteiger partial charge is 0.357 e. The van der Waals surface area contributed by atoms with Gasteiger partial charge >= 0.3 is 5.97 Å². The Balaban J connectivity index is 1.66. The van der Waals surface area contributed by atoms with Crippen LogP contribution in [0.15, 0.2) is 64.1 Å². The first kappa shape index (κ1) is 20.7. The molecule has 1 aliphatic rings. The van der Waals surface area contributed by atoms with Gasteiger partial charge in [0.15, 0.2) is 5.69 Å². The van der Waals surface area contributed by atoms with Gasteiger partial charge in [0.2, 0.25) is 15.7 Å². The number of nitrogens with zero attached hydrogens (tertiary/aromatic N) is 1. The number of rotatable bonds is 5. The number of carboxylic acid groups (broad SMARTS) is 1. The molecule has 0 aliphatic heterocycles. The molecule has 32 heavy (non-hydrogen) atoms. The van der Waals surface area contributed by atoms with Gasteiger partial charge in [0.05, 0.1) is 4.90 Å². The van der Waals surface area contributed by atoms with E-state index in [2.05, 4.69) is 9.97 Å². The van der Waals surface area contributed by atoms with Gasteiger partial charge < -0.3 is 14.5 Å². The van der Waals surface area contributed by atoms with E-state index in [1.165, 1.54) is 24.3 Å². The molecule has 0 amide bonds. The molecule has 2 aromatic carbocycles. The number of aromatic nitrogens is 2. The summed E-state index contributed by atoms with van der Waals surface area (Å²) in [6.07, 6.45) is 0.883. The van der Waals surface area contributed by atoms with Gasteiger partial charge in [-0.05, 0) is 48.7 Å². The number of fused-ring (bicyclic) bond motifs is 3. The van der Waals surface area contributed by atoms with Crippen LogP contribution in [0.5, 0.6) is 0 Å². The molecule has 2 atom stereocenters. The van der Waals surface area contributed by atoms with E-state index in [0.717, 1.165) is 22.7 Å². The van der Waals surface area contributed by atoms with Gasteiger partial charge in [-0.1, -0.05) is 29.8 Å². The zero-order valence-corrected chi connectivity index (χ0v) is 18.0. The van der Waals surface area contributed by atoms with Gasteiger partial charge in [-0.3, -0.25) is 0 Å². The molecular weight excluding hydrogens is 459 g/mol. The number of hydrogen-bond acceptors (Lipinski definition) is 5. The Bertz CT molecular complexity index is 1460. The van der Waals surface area contributed by atoms with Crippen LogP contribution in [0, 0.1) is 5.92 Å². The maximum absolute atomic E-state index is 16.9. The standard InChI is InChI=1S/C22H16ClFN2O5S/c23-13-6-7-17-16(10-13)15-8-12(9-18(15)25-17)22(24,21-26-19(11-31-21)20(27)28)32(29,30)14-4-2-1-3-5-14/h1-7,10-12,25H,8-9H2,(H,27,28). The van der Waals surface area contributed by atoms with Gasteiger partial charge in [0.1, 0.15) is 6.26 Å². The SMILES string of the molecule is O=C(O)c1coc(C(F)(C2Cc3[nH]c4ccc(Cl)cc4c3C2)S(=O)(=O)c2ccccc2)n1. The first-order valence-electron chi connectivity index (χ1n) is 9.68. The highest BCUT2D eigenvalue weighted by molar-refractivity contribution is 7.92. The van der Waals surface area contributed by atoms with Gasteiger partial charge in [0.25, 0.3) is 5.00 Å². The number of oxazole rings is 1. The predicted molar refractivity (Wildman–Crippen MR) is 114 cm³/mol. The van der Waals surface area contributed by atoms with Crippen LogP contribution in [0.3, 0.4) is 0 Å². The van der Waals surface area contributed by atoms with Crippen LogP contribution in [-0.4, -0.2) is 29.5 Å². The van der Waals surface area contributed by atoms with Crippen molar-refractivity contribution in [3.63, 3.8) is 0 Å². The van der Waals surface area contributed by atoms with Crippen molar-refractivity contribution in [2.24, 2.45) is 5.92 Å². The second-order valence-electron chi connectivity index (χ2n) is 7.68. The fraction of sp³-hybridized carbons (Fsp3) is 0.182. The molecule has 2 unspecified atom stereocenters. The van der Waals surface area contributed by atoms with Crippen LogP contribution in [0.2, 0.25) is 5.02 Å². The Kier molecular flexibility index (Phi) is 4.65. The third-order valence-electron chi connectivity index (χ3n) is 5.84. The van der Waals surface area contributed by atoms with Crippen molar-refractivity contribution in [1.82, 2.24) is 9.97 Å². The molecule has 0 saturated heterocycles. The number of nitrogens with one attached hydrogen (secondary N) is 1. The van der Waals surface area contributed by atoms with Crippen molar-refractivity contribution in [2.75, 3.05) is 0 Å². The summed E-state index contributed by atoms with van der Waals surface area (Å²) in [5.41, 5.74) is 1.71. The monoisotopic (exact) mass is 474 g/mol. The van der Waals surface area contributed by atoms with Crippen molar-refractivity contribution in [3.8, 4) is 0 Å². The lowest BCUT2D eigenvalue weighted by atomic mass is 9.98. The lowest BCUT2D eigenvalue weighted by Gasteiger charge is -2.28. The summed E-state index contributed by atoms with van der Waals surface area (Å²) in [6.45, 7) is 0. The maximum Gasteiger partial charge on any atom is 0.357 e. The number of carboxylic acids is 1. The average Bonchev–Trinajstić information content (AvgIpc) is 3.49. The number of hydrogen-bond donors (Lipinski definition) is 2. The van der Waals surface area contributed by atoms with Gasteiger partial charge in [-0.25, -0.2) is 22.6 Å². The third-order valence-corrected chi connectivity index (χ3v) is 8.26. The number of H-pyrrole nitrogens is 1. The second-order valence-corrected chi connectivity index (χ2v) is 10.2. The molecule has 4 aromatic rings. The molecule has 5 rings (SSSR count). The van der Waals surface area contributed by atoms with Crippen molar-refractivity contribution in [3.05, 3.63) is 82.7 Å². The topological polar surface area (TPSA) is 113 Å². The molecule has 1 aliphatic carbocycles. The zero-order valence-electron chi connectivity index (χ0n) is 16.4. The lowest BCUT2D eigenvalue weighted by Crippen LogP contribution is -2.40. The number of aromatic amines is 1. The largest absolute Gasteiger partial charge is 0.476 e. The summed E-state index contributed by atoms with van der Waals surface area (Å²) in [6, 6.07) is 12.4. The van der Waals surface area contributed by atoms with Gasteiger partial charge in [0, 0.05) is 27.5 Å². The number of halogens is 2. The minimum absolute atomic E-state index is 0.0645. The van der Waals surface area contributed by atoms with E-state index in [4.69, 9.17) is 16.0 Å². The third kappa shape index (κ3) is 2.96. The summed E-state index contributed by atoms with van der Waals surface area (Å²) in [7, 11) is -4.66. The van der Waals surface area contributed by atoms with Crippen molar-refractivity contribution >= 4 is 38.3 Å². The van der Waals surface area contributed by atoms with Crippen LogP contribution in [-0.2, 0) is 27.7 Å². The number of benzene rings is 2. The Morgan fingerprint density at radius 1 is 1.22 bits per heavy atom. The highest BCUT2D eigenvalue weighted by Gasteiger charge is 2.58. The first-order chi connectivity index (χ1) is 15.2. The Morgan fingerprint density at radius 2 is 1.97 bits per heavy atom. The summed E-state index contributed by atoms with van der Waals surface area (Å²) in [5, 5.41) is 7.39. The molecule has 0 spiro atoms. The Morgan fingerprint density at radius 3 is 2.66 bits per heavy atom. The van der Waals surface area contributed by atoms with Gasteiger partial charge in [-0.2, -0.15) is 0 Å².